The summed E-state index contributed by atoms with van der Waals surface area (Å²) in [6.45, 7) is 0. The van der Waals surface area contributed by atoms with Crippen molar-refractivity contribution in [2.24, 2.45) is 0 Å². The van der Waals surface area contributed by atoms with Gasteiger partial charge in [-0.05, 0) is 170 Å². The summed E-state index contributed by atoms with van der Waals surface area (Å²) in [5, 5.41) is 4.73. The lowest BCUT2D eigenvalue weighted by atomic mass is 9.73. The van der Waals surface area contributed by atoms with Gasteiger partial charge in [-0.1, -0.05) is 158 Å². The maximum Gasteiger partial charge on any atom is 0.136 e. The summed E-state index contributed by atoms with van der Waals surface area (Å²) in [7, 11) is 0. The first kappa shape index (κ1) is 40.5. The van der Waals surface area contributed by atoms with Gasteiger partial charge in [0.05, 0.1) is 11.0 Å². The molecule has 3 aliphatic rings. The van der Waals surface area contributed by atoms with Crippen LogP contribution in [0, 0.1) is 0 Å². The van der Waals surface area contributed by atoms with Crippen molar-refractivity contribution >= 4 is 43.7 Å². The Hall–Kier alpha value is -9.18. The molecular weight excluding hydrogens is 887 g/mol. The molecule has 1 aliphatic heterocycles. The Kier molecular flexibility index (Phi) is 8.70. The average molecular weight is 932 g/mol. The summed E-state index contributed by atoms with van der Waals surface area (Å²) in [6.07, 6.45) is 1.90. The lowest BCUT2D eigenvalue weighted by Crippen LogP contribution is -2.18. The van der Waals surface area contributed by atoms with E-state index < -0.39 is 0 Å². The zero-order valence-electron chi connectivity index (χ0n) is 39.8. The second-order valence-corrected chi connectivity index (χ2v) is 20.2. The van der Waals surface area contributed by atoms with E-state index in [-0.39, 0.29) is 11.8 Å². The molecule has 0 amide bonds. The molecule has 0 N–H and O–H groups in total. The van der Waals surface area contributed by atoms with Gasteiger partial charge in [0.25, 0.3) is 0 Å². The highest BCUT2D eigenvalue weighted by Gasteiger charge is 2.35. The van der Waals surface area contributed by atoms with Crippen LogP contribution in [0.15, 0.2) is 241 Å². The summed E-state index contributed by atoms with van der Waals surface area (Å²) in [5.41, 5.74) is 25.5. The highest BCUT2D eigenvalue weighted by Crippen LogP contribution is 2.55. The topological polar surface area (TPSA) is 27.3 Å². The van der Waals surface area contributed by atoms with Crippen LogP contribution < -0.4 is 4.74 Å². The minimum absolute atomic E-state index is 0.244. The van der Waals surface area contributed by atoms with E-state index in [1.807, 2.05) is 0 Å². The molecule has 3 heterocycles. The fourth-order valence-corrected chi connectivity index (χ4v) is 13.0. The molecule has 0 bridgehead atoms. The van der Waals surface area contributed by atoms with Gasteiger partial charge in [0.2, 0.25) is 0 Å². The van der Waals surface area contributed by atoms with Crippen LogP contribution >= 0.6 is 0 Å². The number of ether oxygens (including phenoxy) is 1. The number of hydrogen-bond donors (Lipinski definition) is 0. The standard InChI is InChI=1S/C70H45NO2/c1-3-14-42(15-4-1)56-38-48-27-26-43(45-29-32-64-59(36-45)54-20-9-11-23-63(54)71(64)50-17-5-2-6-18-50)34-57(48)58-35-44(28-31-53(56)58)46-30-33-66-62(37-46)69-52(22-13-25-67(69)72-66)49-40-60-51-19-8-7-16-47(51)39-61-55-21-10-12-24-65(55)73-68(41-49)70(60)61/h1-37,40-41,56,61H,38-39H2. The monoisotopic (exact) mass is 931 g/mol. The molecule has 0 saturated heterocycles. The third-order valence-electron chi connectivity index (χ3n) is 16.4. The van der Waals surface area contributed by atoms with Crippen molar-refractivity contribution in [1.29, 1.82) is 0 Å². The Labute approximate surface area is 422 Å². The first-order chi connectivity index (χ1) is 36.2. The molecule has 0 spiro atoms. The molecule has 2 aromatic heterocycles. The summed E-state index contributed by atoms with van der Waals surface area (Å²) in [5.74, 6) is 2.38. The Morgan fingerprint density at radius 1 is 0.356 bits per heavy atom. The van der Waals surface area contributed by atoms with Gasteiger partial charge in [-0.15, -0.1) is 0 Å². The van der Waals surface area contributed by atoms with E-state index in [0.29, 0.717) is 0 Å². The summed E-state index contributed by atoms with van der Waals surface area (Å²) < 4.78 is 15.9. The molecule has 13 aromatic rings. The molecular formula is C70H45NO2. The predicted molar refractivity (Wildman–Crippen MR) is 299 cm³/mol. The number of fused-ring (bicyclic) bond motifs is 13. The van der Waals surface area contributed by atoms with Gasteiger partial charge in [-0.25, -0.2) is 0 Å². The number of furan rings is 1. The minimum atomic E-state index is 0.244. The number of para-hydroxylation sites is 3. The van der Waals surface area contributed by atoms with E-state index in [2.05, 4.69) is 241 Å². The Morgan fingerprint density at radius 3 is 1.92 bits per heavy atom. The lowest BCUT2D eigenvalue weighted by Gasteiger charge is -2.35. The van der Waals surface area contributed by atoms with Gasteiger partial charge in [-0.3, -0.25) is 0 Å². The lowest BCUT2D eigenvalue weighted by molar-refractivity contribution is 0.444. The van der Waals surface area contributed by atoms with Crippen molar-refractivity contribution in [2.75, 3.05) is 0 Å². The first-order valence-electron chi connectivity index (χ1n) is 25.6. The van der Waals surface area contributed by atoms with Crippen molar-refractivity contribution in [3.8, 4) is 72.8 Å². The van der Waals surface area contributed by atoms with Crippen molar-refractivity contribution in [2.45, 2.75) is 24.7 Å². The van der Waals surface area contributed by atoms with Gasteiger partial charge in [0.15, 0.2) is 0 Å². The smallest absolute Gasteiger partial charge is 0.136 e. The quantitative estimate of drug-likeness (QED) is 0.172. The van der Waals surface area contributed by atoms with Crippen molar-refractivity contribution < 1.29 is 9.15 Å². The van der Waals surface area contributed by atoms with Crippen LogP contribution in [-0.2, 0) is 12.8 Å². The van der Waals surface area contributed by atoms with Crippen molar-refractivity contribution in [3.63, 3.8) is 0 Å². The number of aromatic nitrogens is 1. The van der Waals surface area contributed by atoms with Crippen LogP contribution in [0.25, 0.3) is 105 Å². The zero-order chi connectivity index (χ0) is 47.7. The minimum Gasteiger partial charge on any atom is -0.457 e. The normalized spacial score (nSPS) is 15.1. The van der Waals surface area contributed by atoms with E-state index in [4.69, 9.17) is 9.15 Å². The maximum atomic E-state index is 6.82. The molecule has 0 saturated carbocycles. The number of nitrogens with zero attached hydrogens (tertiary/aromatic N) is 1. The van der Waals surface area contributed by atoms with Gasteiger partial charge >= 0.3 is 0 Å². The predicted octanol–water partition coefficient (Wildman–Crippen LogP) is 18.5. The van der Waals surface area contributed by atoms with E-state index in [1.165, 1.54) is 99.8 Å². The van der Waals surface area contributed by atoms with Gasteiger partial charge in [0.1, 0.15) is 22.7 Å². The molecule has 73 heavy (non-hydrogen) atoms. The van der Waals surface area contributed by atoms with Gasteiger partial charge < -0.3 is 13.7 Å². The maximum absolute atomic E-state index is 6.82. The van der Waals surface area contributed by atoms with Crippen molar-refractivity contribution in [1.82, 2.24) is 4.57 Å². The Bertz CT molecular complexity index is 4420. The zero-order valence-corrected chi connectivity index (χ0v) is 39.8. The van der Waals surface area contributed by atoms with E-state index in [0.717, 1.165) is 63.0 Å². The summed E-state index contributed by atoms with van der Waals surface area (Å²) in [6, 6.07) is 87.2. The van der Waals surface area contributed by atoms with Crippen LogP contribution in [0.3, 0.4) is 0 Å². The highest BCUT2D eigenvalue weighted by atomic mass is 16.5. The summed E-state index contributed by atoms with van der Waals surface area (Å²) >= 11 is 0. The molecule has 0 fully saturated rings. The van der Waals surface area contributed by atoms with Crippen LogP contribution in [-0.4, -0.2) is 4.57 Å². The van der Waals surface area contributed by atoms with Crippen molar-refractivity contribution in [3.05, 3.63) is 270 Å². The van der Waals surface area contributed by atoms with Gasteiger partial charge in [0, 0.05) is 50.2 Å². The number of rotatable bonds is 5. The second kappa shape index (κ2) is 15.7. The third kappa shape index (κ3) is 6.19. The largest absolute Gasteiger partial charge is 0.457 e. The van der Waals surface area contributed by atoms with Gasteiger partial charge in [-0.2, -0.15) is 0 Å². The van der Waals surface area contributed by atoms with E-state index in [9.17, 15) is 0 Å². The van der Waals surface area contributed by atoms with Crippen LogP contribution in [0.2, 0.25) is 0 Å². The number of benzene rings is 11. The molecule has 16 rings (SSSR count). The second-order valence-electron chi connectivity index (χ2n) is 20.2. The SMILES string of the molecule is c1ccc(C2Cc3ccc(-c4ccc5c(c4)c4ccccc4n5-c4ccccc4)cc3-c3cc(-c4ccc5oc6cccc(-c7cc8c9c(c7)-c7ccccc7CC9c7ccccc7O8)c6c5c4)ccc32)cc1. The summed E-state index contributed by atoms with van der Waals surface area (Å²) in [4.78, 5) is 0. The molecule has 3 nitrogen and oxygen atoms in total. The van der Waals surface area contributed by atoms with Crippen LogP contribution in [0.5, 0.6) is 11.5 Å². The van der Waals surface area contributed by atoms with E-state index in [1.54, 1.807) is 0 Å². The van der Waals surface area contributed by atoms with Crippen LogP contribution in [0.4, 0.5) is 0 Å². The average Bonchev–Trinajstić information content (AvgIpc) is 4.01. The molecule has 0 radical (unpaired) electrons. The first-order valence-corrected chi connectivity index (χ1v) is 25.6. The Morgan fingerprint density at radius 2 is 1.01 bits per heavy atom. The fourth-order valence-electron chi connectivity index (χ4n) is 13.0. The van der Waals surface area contributed by atoms with E-state index >= 15 is 0 Å². The molecule has 342 valence electrons. The number of hydrogen-bond acceptors (Lipinski definition) is 2. The highest BCUT2D eigenvalue weighted by molar-refractivity contribution is 6.14. The Balaban J connectivity index is 0.836. The molecule has 2 aliphatic carbocycles. The molecule has 11 aromatic carbocycles. The molecule has 3 heteroatoms. The fraction of sp³-hybridized carbons (Fsp3) is 0.0571. The molecule has 2 atom stereocenters. The van der Waals surface area contributed by atoms with Crippen LogP contribution in [0.1, 0.15) is 45.2 Å². The third-order valence-corrected chi connectivity index (χ3v) is 16.4. The molecule has 2 unspecified atom stereocenters.